The van der Waals surface area contributed by atoms with E-state index in [1.165, 1.54) is 24.3 Å². The van der Waals surface area contributed by atoms with Gasteiger partial charge in [0.2, 0.25) is 0 Å². The Labute approximate surface area is 132 Å². The first-order chi connectivity index (χ1) is 10.3. The molecular formula is C16H10BrF5. The van der Waals surface area contributed by atoms with E-state index in [1.807, 2.05) is 0 Å². The summed E-state index contributed by atoms with van der Waals surface area (Å²) in [6.45, 7) is 0. The zero-order chi connectivity index (χ0) is 16.3. The molecule has 0 aliphatic rings. The van der Waals surface area contributed by atoms with Crippen molar-refractivity contribution in [3.63, 3.8) is 0 Å². The third kappa shape index (κ3) is 3.74. The quantitative estimate of drug-likeness (QED) is 0.474. The maximum absolute atomic E-state index is 13.3. The van der Waals surface area contributed by atoms with Crippen LogP contribution in [0.4, 0.5) is 22.0 Å². The van der Waals surface area contributed by atoms with Crippen LogP contribution in [-0.4, -0.2) is 11.5 Å². The zero-order valence-electron chi connectivity index (χ0n) is 11.1. The molecule has 0 saturated heterocycles. The van der Waals surface area contributed by atoms with Crippen molar-refractivity contribution in [2.24, 2.45) is 0 Å². The van der Waals surface area contributed by atoms with Gasteiger partial charge >= 0.3 is 6.18 Å². The van der Waals surface area contributed by atoms with E-state index in [1.54, 1.807) is 0 Å². The van der Waals surface area contributed by atoms with E-state index in [0.29, 0.717) is 0 Å². The van der Waals surface area contributed by atoms with Crippen molar-refractivity contribution >= 4 is 21.5 Å². The van der Waals surface area contributed by atoms with E-state index < -0.39 is 28.7 Å². The molecule has 0 amide bonds. The molecule has 0 N–H and O–H groups in total. The van der Waals surface area contributed by atoms with Gasteiger partial charge in [-0.2, -0.15) is 13.2 Å². The molecule has 0 aliphatic carbocycles. The fourth-order valence-electron chi connectivity index (χ4n) is 2.03. The summed E-state index contributed by atoms with van der Waals surface area (Å²) in [5.74, 6) is -1.09. The van der Waals surface area contributed by atoms with Crippen molar-refractivity contribution in [1.82, 2.24) is 0 Å². The molecule has 0 aliphatic heterocycles. The predicted molar refractivity (Wildman–Crippen MR) is 78.7 cm³/mol. The third-order valence-corrected chi connectivity index (χ3v) is 3.60. The smallest absolute Gasteiger partial charge is 0.207 e. The summed E-state index contributed by atoms with van der Waals surface area (Å²) in [4.78, 5) is 0. The average molecular weight is 377 g/mol. The standard InChI is InChI=1S/C16H10BrF5/c17-9-14(16(20,21)22)15(10-1-5-12(18)6-2-10)11-3-7-13(19)8-4-11/h1-8H,9H2. The molecule has 0 bridgehead atoms. The summed E-state index contributed by atoms with van der Waals surface area (Å²) in [7, 11) is 0. The van der Waals surface area contributed by atoms with Gasteiger partial charge in [-0.05, 0) is 41.0 Å². The van der Waals surface area contributed by atoms with Gasteiger partial charge in [-0.25, -0.2) is 8.78 Å². The van der Waals surface area contributed by atoms with Gasteiger partial charge in [0, 0.05) is 5.33 Å². The largest absolute Gasteiger partial charge is 0.414 e. The normalized spacial score (nSPS) is 11.4. The van der Waals surface area contributed by atoms with Crippen molar-refractivity contribution in [3.8, 4) is 0 Å². The van der Waals surface area contributed by atoms with Crippen molar-refractivity contribution in [2.45, 2.75) is 6.18 Å². The summed E-state index contributed by atoms with van der Waals surface area (Å²) >= 11 is 2.85. The number of benzene rings is 2. The SMILES string of the molecule is Fc1ccc(C(=C(CBr)C(F)(F)F)c2ccc(F)cc2)cc1. The summed E-state index contributed by atoms with van der Waals surface area (Å²) < 4.78 is 65.8. The minimum Gasteiger partial charge on any atom is -0.207 e. The Bertz CT molecular complexity index is 622. The lowest BCUT2D eigenvalue weighted by Gasteiger charge is -2.17. The molecule has 2 aromatic carbocycles. The van der Waals surface area contributed by atoms with Crippen LogP contribution in [0.5, 0.6) is 0 Å². The van der Waals surface area contributed by atoms with E-state index in [2.05, 4.69) is 15.9 Å². The van der Waals surface area contributed by atoms with E-state index in [0.717, 1.165) is 24.3 Å². The molecule has 0 heterocycles. The van der Waals surface area contributed by atoms with E-state index in [9.17, 15) is 22.0 Å². The minimum absolute atomic E-state index is 0.107. The van der Waals surface area contributed by atoms with Gasteiger partial charge in [0.15, 0.2) is 0 Å². The first-order valence-corrected chi connectivity index (χ1v) is 7.33. The van der Waals surface area contributed by atoms with E-state index in [-0.39, 0.29) is 16.7 Å². The van der Waals surface area contributed by atoms with Gasteiger partial charge in [0.1, 0.15) is 11.6 Å². The first-order valence-electron chi connectivity index (χ1n) is 6.21. The molecule has 0 atom stereocenters. The molecule has 2 rings (SSSR count). The predicted octanol–water partition coefficient (Wildman–Crippen LogP) is 5.72. The molecule has 0 aromatic heterocycles. The Kier molecular flexibility index (Phi) is 5.01. The lowest BCUT2D eigenvalue weighted by Crippen LogP contribution is -2.16. The van der Waals surface area contributed by atoms with Gasteiger partial charge < -0.3 is 0 Å². The summed E-state index contributed by atoms with van der Waals surface area (Å²) in [5.41, 5.74) is -0.505. The maximum Gasteiger partial charge on any atom is 0.414 e. The third-order valence-electron chi connectivity index (χ3n) is 3.04. The highest BCUT2D eigenvalue weighted by Crippen LogP contribution is 2.37. The number of halogens is 6. The molecule has 116 valence electrons. The highest BCUT2D eigenvalue weighted by molar-refractivity contribution is 9.09. The highest BCUT2D eigenvalue weighted by atomic mass is 79.9. The van der Waals surface area contributed by atoms with Gasteiger partial charge in [0.05, 0.1) is 5.57 Å². The van der Waals surface area contributed by atoms with Gasteiger partial charge in [-0.3, -0.25) is 0 Å². The summed E-state index contributed by atoms with van der Waals surface area (Å²) in [6, 6.07) is 9.40. The topological polar surface area (TPSA) is 0 Å². The second kappa shape index (κ2) is 6.60. The van der Waals surface area contributed by atoms with Crippen LogP contribution in [0.15, 0.2) is 54.1 Å². The molecule has 0 saturated carbocycles. The Hall–Kier alpha value is -1.69. The molecular weight excluding hydrogens is 367 g/mol. The van der Waals surface area contributed by atoms with Crippen LogP contribution in [0.1, 0.15) is 11.1 Å². The highest BCUT2D eigenvalue weighted by Gasteiger charge is 2.36. The van der Waals surface area contributed by atoms with Crippen LogP contribution in [0.2, 0.25) is 0 Å². The van der Waals surface area contributed by atoms with Crippen LogP contribution in [-0.2, 0) is 0 Å². The van der Waals surface area contributed by atoms with E-state index >= 15 is 0 Å². The molecule has 22 heavy (non-hydrogen) atoms. The van der Waals surface area contributed by atoms with E-state index in [4.69, 9.17) is 0 Å². The lowest BCUT2D eigenvalue weighted by molar-refractivity contribution is -0.0900. The number of hydrogen-bond acceptors (Lipinski definition) is 0. The minimum atomic E-state index is -4.57. The monoisotopic (exact) mass is 376 g/mol. The van der Waals surface area contributed by atoms with Crippen molar-refractivity contribution in [3.05, 3.63) is 76.9 Å². The van der Waals surface area contributed by atoms with Crippen molar-refractivity contribution in [1.29, 1.82) is 0 Å². The molecule has 2 aromatic rings. The summed E-state index contributed by atoms with van der Waals surface area (Å²) in [5, 5.41) is -0.430. The van der Waals surface area contributed by atoms with Crippen LogP contribution in [0.3, 0.4) is 0 Å². The Morgan fingerprint density at radius 1 is 0.773 bits per heavy atom. The number of hydrogen-bond donors (Lipinski definition) is 0. The van der Waals surface area contributed by atoms with Gasteiger partial charge in [-0.1, -0.05) is 40.2 Å². The second-order valence-corrected chi connectivity index (χ2v) is 5.06. The first kappa shape index (κ1) is 16.7. The molecule has 0 unspecified atom stereocenters. The summed E-state index contributed by atoms with van der Waals surface area (Å²) in [6.07, 6.45) is -4.57. The number of allylic oxidation sites excluding steroid dienone is 1. The molecule has 0 fully saturated rings. The Morgan fingerprint density at radius 2 is 1.14 bits per heavy atom. The fraction of sp³-hybridized carbons (Fsp3) is 0.125. The van der Waals surface area contributed by atoms with Crippen LogP contribution < -0.4 is 0 Å². The Balaban J connectivity index is 2.71. The Morgan fingerprint density at radius 3 is 1.41 bits per heavy atom. The average Bonchev–Trinajstić information content (AvgIpc) is 2.46. The zero-order valence-corrected chi connectivity index (χ0v) is 12.7. The van der Waals surface area contributed by atoms with Crippen LogP contribution in [0, 0.1) is 11.6 Å². The van der Waals surface area contributed by atoms with Gasteiger partial charge in [-0.15, -0.1) is 0 Å². The lowest BCUT2D eigenvalue weighted by atomic mass is 9.93. The fourth-order valence-corrected chi connectivity index (χ4v) is 2.63. The van der Waals surface area contributed by atoms with Crippen LogP contribution >= 0.6 is 15.9 Å². The molecule has 6 heteroatoms. The number of rotatable bonds is 3. The maximum atomic E-state index is 13.3. The van der Waals surface area contributed by atoms with Crippen LogP contribution in [0.25, 0.3) is 5.57 Å². The van der Waals surface area contributed by atoms with Crippen molar-refractivity contribution in [2.75, 3.05) is 5.33 Å². The second-order valence-electron chi connectivity index (χ2n) is 4.50. The van der Waals surface area contributed by atoms with Gasteiger partial charge in [0.25, 0.3) is 0 Å². The number of alkyl halides is 4. The van der Waals surface area contributed by atoms with Crippen molar-refractivity contribution < 1.29 is 22.0 Å². The molecule has 0 radical (unpaired) electrons. The molecule has 0 nitrogen and oxygen atoms in total. The molecule has 0 spiro atoms.